The molecule has 1 aliphatic carbocycles. The number of rotatable bonds is 7. The van der Waals surface area contributed by atoms with E-state index in [-0.39, 0.29) is 18.0 Å². The number of amides is 1. The summed E-state index contributed by atoms with van der Waals surface area (Å²) in [5.74, 6) is 2.17. The lowest BCUT2D eigenvalue weighted by atomic mass is 10.0. The SMILES string of the molecule is C=CC(=O)N1[C@H](C)CN(CCCc2nc3c(=C4C(Cl)=C(OC)C=C(OC)C4Cl)cc4c(n3n2)=NC(=NC)NC4)C[C@@H]1C. The number of guanidine groups is 1. The summed E-state index contributed by atoms with van der Waals surface area (Å²) in [6.07, 6.45) is 4.60. The van der Waals surface area contributed by atoms with E-state index in [1.807, 2.05) is 11.0 Å². The first kappa shape index (κ1) is 30.1. The molecule has 224 valence electrons. The molecule has 2 aromatic rings. The topological polar surface area (TPSA) is 109 Å². The smallest absolute Gasteiger partial charge is 0.246 e. The maximum atomic E-state index is 12.3. The molecule has 11 nitrogen and oxygen atoms in total. The van der Waals surface area contributed by atoms with Crippen LogP contribution in [0.25, 0.3) is 11.2 Å². The number of nitrogens with one attached hydrogen (secondary N) is 1. The summed E-state index contributed by atoms with van der Waals surface area (Å²) >= 11 is 13.8. The quantitative estimate of drug-likeness (QED) is 0.375. The number of aryl methyl sites for hydroxylation is 1. The Morgan fingerprint density at radius 1 is 1.26 bits per heavy atom. The summed E-state index contributed by atoms with van der Waals surface area (Å²) < 4.78 is 12.9. The highest BCUT2D eigenvalue weighted by Crippen LogP contribution is 2.36. The number of alkyl halides is 1. The Bertz CT molecular complexity index is 1620. The van der Waals surface area contributed by atoms with Crippen molar-refractivity contribution in [1.82, 2.24) is 29.7 Å². The molecular weight excluding hydrogens is 579 g/mol. The fraction of sp³-hybridized carbons (Fsp3) is 0.483. The summed E-state index contributed by atoms with van der Waals surface area (Å²) in [6, 6.07) is 2.23. The molecule has 1 saturated heterocycles. The predicted octanol–water partition coefficient (Wildman–Crippen LogP) is 1.88. The van der Waals surface area contributed by atoms with E-state index in [0.717, 1.165) is 36.8 Å². The molecule has 1 N–H and O–H groups in total. The second kappa shape index (κ2) is 12.4. The molecule has 0 spiro atoms. The minimum atomic E-state index is -0.653. The van der Waals surface area contributed by atoms with Crippen molar-refractivity contribution in [2.45, 2.75) is 50.7 Å². The number of methoxy groups -OCH3 is 2. The van der Waals surface area contributed by atoms with Crippen LogP contribution in [0.4, 0.5) is 0 Å². The molecule has 1 unspecified atom stereocenters. The van der Waals surface area contributed by atoms with Crippen molar-refractivity contribution >= 4 is 46.3 Å². The number of aliphatic imine (C=N–C) groups is 1. The lowest BCUT2D eigenvalue weighted by molar-refractivity contribution is -0.133. The minimum Gasteiger partial charge on any atom is -0.499 e. The van der Waals surface area contributed by atoms with Crippen molar-refractivity contribution in [3.63, 3.8) is 0 Å². The van der Waals surface area contributed by atoms with Gasteiger partial charge in [0.2, 0.25) is 11.9 Å². The van der Waals surface area contributed by atoms with Crippen LogP contribution in [0, 0.1) is 0 Å². The average Bonchev–Trinajstić information content (AvgIpc) is 3.41. The van der Waals surface area contributed by atoms with E-state index in [0.29, 0.717) is 58.0 Å². The number of nitrogens with zero attached hydrogens (tertiary/aromatic N) is 7. The van der Waals surface area contributed by atoms with Crippen LogP contribution in [-0.4, -0.2) is 94.6 Å². The monoisotopic (exact) mass is 614 g/mol. The Hall–Kier alpha value is -3.41. The highest BCUT2D eigenvalue weighted by atomic mass is 35.5. The van der Waals surface area contributed by atoms with Crippen molar-refractivity contribution < 1.29 is 14.3 Å². The van der Waals surface area contributed by atoms with Gasteiger partial charge < -0.3 is 19.7 Å². The van der Waals surface area contributed by atoms with Gasteiger partial charge in [-0.2, -0.15) is 9.51 Å². The predicted molar refractivity (Wildman–Crippen MR) is 163 cm³/mol. The maximum Gasteiger partial charge on any atom is 0.246 e. The van der Waals surface area contributed by atoms with Crippen LogP contribution in [0.1, 0.15) is 31.7 Å². The number of ether oxygens (including phenoxy) is 2. The zero-order valence-corrected chi connectivity index (χ0v) is 26.0. The average molecular weight is 616 g/mol. The number of piperazine rings is 1. The molecule has 5 rings (SSSR count). The summed E-state index contributed by atoms with van der Waals surface area (Å²) in [6.45, 7) is 10.8. The number of hydrogen-bond donors (Lipinski definition) is 1. The van der Waals surface area contributed by atoms with E-state index in [1.54, 1.807) is 31.9 Å². The molecule has 13 heteroatoms. The summed E-state index contributed by atoms with van der Waals surface area (Å²) in [5.41, 5.74) is 2.79. The molecule has 2 aromatic heterocycles. The Morgan fingerprint density at radius 3 is 2.64 bits per heavy atom. The summed E-state index contributed by atoms with van der Waals surface area (Å²) in [7, 11) is 4.81. The number of hydrogen-bond acceptors (Lipinski definition) is 7. The van der Waals surface area contributed by atoms with E-state index in [4.69, 9.17) is 47.8 Å². The standard InChI is InChI=1S/C29H36Cl2N8O3/c1-7-23(40)38-16(2)14-37(15-17(38)3)10-8-9-22-34-28-19(24-25(30)20(41-5)12-21(42-6)26(24)31)11-18-13-33-29(32-4)35-27(18)39(28)36-22/h7,11-12,16-17,25H,1,8-10,13-15H2,2-6H3,(H,32,33)/t16-,17+,25?. The van der Waals surface area contributed by atoms with Gasteiger partial charge in [0.1, 0.15) is 16.9 Å². The molecular formula is C29H36Cl2N8O3. The molecule has 3 atom stereocenters. The Kier molecular flexibility index (Phi) is 8.91. The van der Waals surface area contributed by atoms with Gasteiger partial charge in [-0.05, 0) is 39.0 Å². The van der Waals surface area contributed by atoms with Crippen LogP contribution in [0.5, 0.6) is 0 Å². The lowest BCUT2D eigenvalue weighted by Gasteiger charge is -2.44. The number of allylic oxidation sites excluding steroid dienone is 3. The van der Waals surface area contributed by atoms with Gasteiger partial charge in [0.05, 0.1) is 19.3 Å². The molecule has 0 bridgehead atoms. The number of carbonyl (C=O) groups excluding carboxylic acids is 1. The van der Waals surface area contributed by atoms with Gasteiger partial charge in [0, 0.05) is 67.6 Å². The van der Waals surface area contributed by atoms with Gasteiger partial charge in [0.15, 0.2) is 17.0 Å². The fourth-order valence-electron chi connectivity index (χ4n) is 5.95. The van der Waals surface area contributed by atoms with E-state index < -0.39 is 5.38 Å². The number of halogens is 2. The van der Waals surface area contributed by atoms with Crippen molar-refractivity contribution in [3.05, 3.63) is 63.4 Å². The minimum absolute atomic E-state index is 0.0183. The molecule has 1 amide bonds. The maximum absolute atomic E-state index is 12.3. The molecule has 0 aromatic carbocycles. The number of aromatic nitrogens is 3. The van der Waals surface area contributed by atoms with Crippen LogP contribution in [0.3, 0.4) is 0 Å². The summed E-state index contributed by atoms with van der Waals surface area (Å²) in [4.78, 5) is 30.5. The molecule has 42 heavy (non-hydrogen) atoms. The first-order chi connectivity index (χ1) is 20.2. The Labute approximate surface area is 254 Å². The molecule has 1 fully saturated rings. The number of pyridine rings is 1. The highest BCUT2D eigenvalue weighted by Gasteiger charge is 2.32. The molecule has 3 aliphatic rings. The molecule has 0 saturated carbocycles. The van der Waals surface area contributed by atoms with E-state index in [1.165, 1.54) is 6.08 Å². The van der Waals surface area contributed by atoms with Gasteiger partial charge in [-0.15, -0.1) is 16.7 Å². The zero-order valence-electron chi connectivity index (χ0n) is 24.5. The summed E-state index contributed by atoms with van der Waals surface area (Å²) in [5, 5.41) is 8.58. The third-order valence-corrected chi connectivity index (χ3v) is 8.66. The number of fused-ring (bicyclic) bond motifs is 3. The second-order valence-corrected chi connectivity index (χ2v) is 11.4. The van der Waals surface area contributed by atoms with Crippen molar-refractivity contribution in [2.75, 3.05) is 40.9 Å². The zero-order chi connectivity index (χ0) is 30.1. The third-order valence-electron chi connectivity index (χ3n) is 7.83. The van der Waals surface area contributed by atoms with Crippen LogP contribution >= 0.6 is 23.2 Å². The highest BCUT2D eigenvalue weighted by molar-refractivity contribution is 6.41. The van der Waals surface area contributed by atoms with E-state index >= 15 is 0 Å². The van der Waals surface area contributed by atoms with Gasteiger partial charge >= 0.3 is 0 Å². The van der Waals surface area contributed by atoms with Crippen molar-refractivity contribution in [1.29, 1.82) is 0 Å². The molecule has 2 aliphatic heterocycles. The third kappa shape index (κ3) is 5.52. The normalized spacial score (nSPS) is 25.1. The first-order valence-corrected chi connectivity index (χ1v) is 14.7. The van der Waals surface area contributed by atoms with E-state index in [9.17, 15) is 4.79 Å². The van der Waals surface area contributed by atoms with Crippen LogP contribution in [0.15, 0.2) is 51.3 Å². The molecule has 0 radical (unpaired) electrons. The van der Waals surface area contributed by atoms with Gasteiger partial charge in [-0.25, -0.2) is 4.98 Å². The van der Waals surface area contributed by atoms with Crippen LogP contribution < -0.4 is 16.0 Å². The van der Waals surface area contributed by atoms with Crippen molar-refractivity contribution in [2.24, 2.45) is 9.98 Å². The van der Waals surface area contributed by atoms with Gasteiger partial charge in [-0.3, -0.25) is 14.7 Å². The lowest BCUT2D eigenvalue weighted by Crippen LogP contribution is -2.58. The van der Waals surface area contributed by atoms with Gasteiger partial charge in [-0.1, -0.05) is 18.2 Å². The van der Waals surface area contributed by atoms with Gasteiger partial charge in [0.25, 0.3) is 0 Å². The Balaban J connectivity index is 1.51. The van der Waals surface area contributed by atoms with Crippen LogP contribution in [-0.2, 0) is 27.2 Å². The first-order valence-electron chi connectivity index (χ1n) is 13.9. The number of carbonyl (C=O) groups is 1. The van der Waals surface area contributed by atoms with E-state index in [2.05, 4.69) is 35.6 Å². The largest absolute Gasteiger partial charge is 0.499 e. The van der Waals surface area contributed by atoms with Crippen molar-refractivity contribution in [3.8, 4) is 0 Å². The molecule has 4 heterocycles. The Morgan fingerprint density at radius 2 is 2.00 bits per heavy atom. The second-order valence-electron chi connectivity index (χ2n) is 10.6. The fourth-order valence-corrected chi connectivity index (χ4v) is 6.72. The van der Waals surface area contributed by atoms with Crippen LogP contribution in [0.2, 0.25) is 0 Å².